The third kappa shape index (κ3) is 3.04. The van der Waals surface area contributed by atoms with E-state index in [-0.39, 0.29) is 5.70 Å². The van der Waals surface area contributed by atoms with Gasteiger partial charge in [0.15, 0.2) is 5.76 Å². The summed E-state index contributed by atoms with van der Waals surface area (Å²) in [5.41, 5.74) is 4.49. The Morgan fingerprint density at radius 3 is 2.18 bits per heavy atom. The number of nitro groups is 1. The Bertz CT molecular complexity index is 226. The van der Waals surface area contributed by atoms with Crippen molar-refractivity contribution in [2.75, 3.05) is 0 Å². The van der Waals surface area contributed by atoms with Crippen molar-refractivity contribution in [1.82, 2.24) is 0 Å². The maximum Gasteiger partial charge on any atom is 0.312 e. The number of rotatable bonds is 3. The number of nitrogens with zero attached hydrogens (tertiary/aromatic N) is 1. The molecule has 0 atom stereocenters. The van der Waals surface area contributed by atoms with Crippen LogP contribution in [0.25, 0.3) is 0 Å². The summed E-state index contributed by atoms with van der Waals surface area (Å²) in [5, 5.41) is 18.7. The molecule has 0 rings (SSSR count). The van der Waals surface area contributed by atoms with E-state index in [1.165, 1.54) is 0 Å². The Balaban J connectivity index is 4.75. The predicted molar refractivity (Wildman–Crippen MR) is 40.2 cm³/mol. The first-order valence-corrected chi connectivity index (χ1v) is 2.64. The normalized spacial score (nSPS) is 10.7. The minimum atomic E-state index is -0.791. The van der Waals surface area contributed by atoms with Crippen LogP contribution in [-0.2, 0) is 0 Å². The van der Waals surface area contributed by atoms with Gasteiger partial charge in [0.2, 0.25) is 0 Å². The average molecular weight is 156 g/mol. The van der Waals surface area contributed by atoms with Gasteiger partial charge in [-0.3, -0.25) is 10.1 Å². The molecule has 5 nitrogen and oxygen atoms in total. The molecule has 3 N–H and O–H groups in total. The standard InChI is InChI=1S/C6H8N2O3/c1-4(7)3-6(5(2)9)8(10)11/h3,9H,1-2,7H2/b6-3+. The van der Waals surface area contributed by atoms with Gasteiger partial charge in [-0.15, -0.1) is 0 Å². The lowest BCUT2D eigenvalue weighted by atomic mass is 10.3. The van der Waals surface area contributed by atoms with Crippen LogP contribution in [0.5, 0.6) is 0 Å². The lowest BCUT2D eigenvalue weighted by Crippen LogP contribution is -2.03. The minimum absolute atomic E-state index is 0.00750. The average Bonchev–Trinajstić information content (AvgIpc) is 1.81. The first-order valence-electron chi connectivity index (χ1n) is 2.64. The van der Waals surface area contributed by atoms with Crippen molar-refractivity contribution < 1.29 is 10.0 Å². The lowest BCUT2D eigenvalue weighted by Gasteiger charge is -1.94. The number of nitrogens with two attached hydrogens (primary N) is 1. The van der Waals surface area contributed by atoms with Gasteiger partial charge < -0.3 is 10.8 Å². The quantitative estimate of drug-likeness (QED) is 0.272. The van der Waals surface area contributed by atoms with E-state index in [9.17, 15) is 10.1 Å². The molecule has 0 aromatic heterocycles. The number of allylic oxidation sites excluding steroid dienone is 1. The van der Waals surface area contributed by atoms with Gasteiger partial charge in [-0.1, -0.05) is 6.58 Å². The maximum absolute atomic E-state index is 10.1. The van der Waals surface area contributed by atoms with Crippen LogP contribution in [-0.4, -0.2) is 10.0 Å². The summed E-state index contributed by atoms with van der Waals surface area (Å²) in [7, 11) is 0. The number of aliphatic hydroxyl groups is 1. The van der Waals surface area contributed by atoms with Crippen molar-refractivity contribution in [2.24, 2.45) is 5.73 Å². The molecule has 0 saturated heterocycles. The third-order valence-electron chi connectivity index (χ3n) is 0.814. The molecule has 0 aliphatic carbocycles. The Morgan fingerprint density at radius 1 is 1.64 bits per heavy atom. The van der Waals surface area contributed by atoms with Crippen LogP contribution in [0, 0.1) is 10.1 Å². The van der Waals surface area contributed by atoms with E-state index in [0.29, 0.717) is 0 Å². The Kier molecular flexibility index (Phi) is 2.85. The summed E-state index contributed by atoms with van der Waals surface area (Å²) in [6.45, 7) is 6.18. The van der Waals surface area contributed by atoms with E-state index < -0.39 is 16.4 Å². The molecular weight excluding hydrogens is 148 g/mol. The highest BCUT2D eigenvalue weighted by Gasteiger charge is 2.13. The van der Waals surface area contributed by atoms with Gasteiger partial charge in [0.05, 0.1) is 4.92 Å². The van der Waals surface area contributed by atoms with Crippen LogP contribution >= 0.6 is 0 Å². The molecular formula is C6H8N2O3. The van der Waals surface area contributed by atoms with E-state index in [0.717, 1.165) is 6.08 Å². The van der Waals surface area contributed by atoms with Crippen LogP contribution in [0.15, 0.2) is 36.4 Å². The van der Waals surface area contributed by atoms with Crippen molar-refractivity contribution in [1.29, 1.82) is 0 Å². The molecule has 5 heteroatoms. The van der Waals surface area contributed by atoms with Crippen molar-refractivity contribution in [3.05, 3.63) is 46.5 Å². The fourth-order valence-corrected chi connectivity index (χ4v) is 0.417. The summed E-state index contributed by atoms with van der Waals surface area (Å²) in [5.74, 6) is -0.637. The molecule has 0 bridgehead atoms. The SMILES string of the molecule is C=C(N)/C=C(\C(=C)O)[N+](=O)[O-]. The molecule has 0 aromatic carbocycles. The number of hydrogen-bond acceptors (Lipinski definition) is 4. The first-order chi connectivity index (χ1) is 4.95. The molecule has 0 saturated carbocycles. The van der Waals surface area contributed by atoms with Gasteiger partial charge in [0.25, 0.3) is 0 Å². The molecule has 0 radical (unpaired) electrons. The van der Waals surface area contributed by atoms with Gasteiger partial charge >= 0.3 is 5.70 Å². The second-order valence-corrected chi connectivity index (χ2v) is 1.81. The van der Waals surface area contributed by atoms with Gasteiger partial charge in [-0.2, -0.15) is 0 Å². The third-order valence-corrected chi connectivity index (χ3v) is 0.814. The van der Waals surface area contributed by atoms with E-state index in [2.05, 4.69) is 13.2 Å². The first kappa shape index (κ1) is 9.22. The molecule has 11 heavy (non-hydrogen) atoms. The fourth-order valence-electron chi connectivity index (χ4n) is 0.417. The van der Waals surface area contributed by atoms with Crippen molar-refractivity contribution in [3.63, 3.8) is 0 Å². The lowest BCUT2D eigenvalue weighted by molar-refractivity contribution is -0.423. The summed E-state index contributed by atoms with van der Waals surface area (Å²) in [6, 6.07) is 0. The van der Waals surface area contributed by atoms with Crippen LogP contribution in [0.2, 0.25) is 0 Å². The topological polar surface area (TPSA) is 89.4 Å². The van der Waals surface area contributed by atoms with Crippen LogP contribution in [0.4, 0.5) is 0 Å². The maximum atomic E-state index is 10.1. The summed E-state index contributed by atoms with van der Waals surface area (Å²) < 4.78 is 0. The smallest absolute Gasteiger partial charge is 0.312 e. The zero-order valence-corrected chi connectivity index (χ0v) is 5.78. The van der Waals surface area contributed by atoms with Gasteiger partial charge in [0, 0.05) is 11.8 Å². The van der Waals surface area contributed by atoms with Gasteiger partial charge in [0.1, 0.15) is 0 Å². The summed E-state index contributed by atoms with van der Waals surface area (Å²) in [6.07, 6.45) is 0.933. The van der Waals surface area contributed by atoms with E-state index in [4.69, 9.17) is 10.8 Å². The van der Waals surface area contributed by atoms with E-state index in [1.807, 2.05) is 0 Å². The van der Waals surface area contributed by atoms with Crippen molar-refractivity contribution in [3.8, 4) is 0 Å². The predicted octanol–water partition coefficient (Wildman–Crippen LogP) is 0.691. The molecule has 0 aliphatic heterocycles. The summed E-state index contributed by atoms with van der Waals surface area (Å²) in [4.78, 5) is 9.30. The Hall–Kier alpha value is -1.78. The van der Waals surface area contributed by atoms with E-state index >= 15 is 0 Å². The zero-order valence-electron chi connectivity index (χ0n) is 5.78. The monoisotopic (exact) mass is 156 g/mol. The number of aliphatic hydroxyl groups excluding tert-OH is 1. The fraction of sp³-hybridized carbons (Fsp3) is 0. The van der Waals surface area contributed by atoms with Crippen molar-refractivity contribution in [2.45, 2.75) is 0 Å². The highest BCUT2D eigenvalue weighted by Crippen LogP contribution is 2.05. The highest BCUT2D eigenvalue weighted by molar-refractivity contribution is 5.23. The largest absolute Gasteiger partial charge is 0.503 e. The second-order valence-electron chi connectivity index (χ2n) is 1.81. The van der Waals surface area contributed by atoms with E-state index in [1.54, 1.807) is 0 Å². The molecule has 0 spiro atoms. The molecule has 0 heterocycles. The Labute approximate surface area is 63.3 Å². The molecule has 0 aromatic rings. The molecule has 0 aliphatic rings. The summed E-state index contributed by atoms with van der Waals surface area (Å²) >= 11 is 0. The zero-order chi connectivity index (χ0) is 9.02. The molecule has 60 valence electrons. The number of hydrogen-bond donors (Lipinski definition) is 2. The van der Waals surface area contributed by atoms with Crippen LogP contribution in [0.1, 0.15) is 0 Å². The molecule has 0 unspecified atom stereocenters. The van der Waals surface area contributed by atoms with Gasteiger partial charge in [-0.05, 0) is 6.58 Å². The Morgan fingerprint density at radius 2 is 2.09 bits per heavy atom. The second kappa shape index (κ2) is 3.40. The van der Waals surface area contributed by atoms with Gasteiger partial charge in [-0.25, -0.2) is 0 Å². The molecule has 0 amide bonds. The minimum Gasteiger partial charge on any atom is -0.503 e. The van der Waals surface area contributed by atoms with Crippen LogP contribution in [0.3, 0.4) is 0 Å². The molecule has 0 fully saturated rings. The van der Waals surface area contributed by atoms with Crippen molar-refractivity contribution >= 4 is 0 Å². The van der Waals surface area contributed by atoms with Crippen LogP contribution < -0.4 is 5.73 Å². The highest BCUT2D eigenvalue weighted by atomic mass is 16.6.